The second-order valence-electron chi connectivity index (χ2n) is 5.21. The maximum atomic E-state index is 6.21. The molecule has 1 rings (SSSR count). The summed E-state index contributed by atoms with van der Waals surface area (Å²) in [6.45, 7) is 9.37. The van der Waals surface area contributed by atoms with Crippen LogP contribution in [-0.4, -0.2) is 24.1 Å². The van der Waals surface area contributed by atoms with Crippen molar-refractivity contribution < 1.29 is 0 Å². The molecule has 4 heteroatoms. The third-order valence-electron chi connectivity index (χ3n) is 3.43. The Morgan fingerprint density at radius 3 is 2.42 bits per heavy atom. The summed E-state index contributed by atoms with van der Waals surface area (Å²) in [5, 5.41) is 4.09. The lowest BCUT2D eigenvalue weighted by molar-refractivity contribution is 0.572. The Labute approximate surface area is 122 Å². The lowest BCUT2D eigenvalue weighted by atomic mass is 10.1. The lowest BCUT2D eigenvalue weighted by Crippen LogP contribution is -2.31. The van der Waals surface area contributed by atoms with Crippen molar-refractivity contribution in [1.29, 1.82) is 0 Å². The SMILES string of the molecule is CCC(CC)N(C)c1ccc(Cl)c(CNC(C)C)n1. The molecular formula is C15H26ClN3. The number of anilines is 1. The van der Waals surface area contributed by atoms with Crippen LogP contribution in [0.2, 0.25) is 5.02 Å². The number of nitrogens with zero attached hydrogens (tertiary/aromatic N) is 2. The van der Waals surface area contributed by atoms with Gasteiger partial charge in [0.05, 0.1) is 10.7 Å². The fourth-order valence-electron chi connectivity index (χ4n) is 2.12. The summed E-state index contributed by atoms with van der Waals surface area (Å²) in [5.74, 6) is 0.999. The number of rotatable bonds is 7. The van der Waals surface area contributed by atoms with E-state index < -0.39 is 0 Å². The zero-order valence-corrected chi connectivity index (χ0v) is 13.5. The highest BCUT2D eigenvalue weighted by molar-refractivity contribution is 6.31. The van der Waals surface area contributed by atoms with Crippen molar-refractivity contribution in [3.05, 3.63) is 22.8 Å². The van der Waals surface area contributed by atoms with Crippen LogP contribution in [0.1, 0.15) is 46.2 Å². The molecule has 0 radical (unpaired) electrons. The third-order valence-corrected chi connectivity index (χ3v) is 3.78. The largest absolute Gasteiger partial charge is 0.357 e. The molecule has 1 aromatic heterocycles. The van der Waals surface area contributed by atoms with Crippen LogP contribution in [0.25, 0.3) is 0 Å². The molecule has 0 saturated heterocycles. The summed E-state index contributed by atoms with van der Waals surface area (Å²) in [5.41, 5.74) is 0.922. The topological polar surface area (TPSA) is 28.2 Å². The number of hydrogen-bond acceptors (Lipinski definition) is 3. The van der Waals surface area contributed by atoms with E-state index in [1.165, 1.54) is 0 Å². The molecule has 108 valence electrons. The molecule has 0 aliphatic carbocycles. The minimum atomic E-state index is 0.429. The Kier molecular flexibility index (Phi) is 6.59. The Hall–Kier alpha value is -0.800. The highest BCUT2D eigenvalue weighted by Crippen LogP contribution is 2.21. The molecule has 0 aliphatic rings. The smallest absolute Gasteiger partial charge is 0.128 e. The van der Waals surface area contributed by atoms with E-state index in [0.717, 1.165) is 29.4 Å². The number of hydrogen-bond donors (Lipinski definition) is 1. The predicted octanol–water partition coefficient (Wildman–Crippen LogP) is 3.86. The first kappa shape index (κ1) is 16.3. The monoisotopic (exact) mass is 283 g/mol. The molecule has 0 saturated carbocycles. The number of nitrogens with one attached hydrogen (secondary N) is 1. The van der Waals surface area contributed by atoms with Gasteiger partial charge in [0.1, 0.15) is 5.82 Å². The molecular weight excluding hydrogens is 258 g/mol. The van der Waals surface area contributed by atoms with Crippen molar-refractivity contribution in [2.24, 2.45) is 0 Å². The quantitative estimate of drug-likeness (QED) is 0.824. The fraction of sp³-hybridized carbons (Fsp3) is 0.667. The maximum absolute atomic E-state index is 6.21. The minimum absolute atomic E-state index is 0.429. The third kappa shape index (κ3) is 4.66. The van der Waals surface area contributed by atoms with Gasteiger partial charge in [-0.3, -0.25) is 0 Å². The van der Waals surface area contributed by atoms with Gasteiger partial charge >= 0.3 is 0 Å². The molecule has 1 heterocycles. The summed E-state index contributed by atoms with van der Waals surface area (Å²) >= 11 is 6.21. The van der Waals surface area contributed by atoms with E-state index in [1.807, 2.05) is 12.1 Å². The molecule has 1 N–H and O–H groups in total. The van der Waals surface area contributed by atoms with Gasteiger partial charge in [0.15, 0.2) is 0 Å². The van der Waals surface area contributed by atoms with Gasteiger partial charge in [0.25, 0.3) is 0 Å². The number of halogens is 1. The zero-order chi connectivity index (χ0) is 14.4. The first-order valence-corrected chi connectivity index (χ1v) is 7.49. The summed E-state index contributed by atoms with van der Waals surface area (Å²) in [7, 11) is 2.10. The summed E-state index contributed by atoms with van der Waals surface area (Å²) < 4.78 is 0. The van der Waals surface area contributed by atoms with E-state index in [4.69, 9.17) is 16.6 Å². The molecule has 0 amide bonds. The number of pyridine rings is 1. The highest BCUT2D eigenvalue weighted by atomic mass is 35.5. The molecule has 3 nitrogen and oxygen atoms in total. The normalized spacial score (nSPS) is 11.4. The Morgan fingerprint density at radius 1 is 1.26 bits per heavy atom. The fourth-order valence-corrected chi connectivity index (χ4v) is 2.29. The Bertz CT molecular complexity index is 389. The van der Waals surface area contributed by atoms with Gasteiger partial charge in [-0.2, -0.15) is 0 Å². The average molecular weight is 284 g/mol. The minimum Gasteiger partial charge on any atom is -0.357 e. The van der Waals surface area contributed by atoms with E-state index in [9.17, 15) is 0 Å². The van der Waals surface area contributed by atoms with Gasteiger partial charge in [-0.05, 0) is 25.0 Å². The first-order chi connectivity index (χ1) is 8.99. The van der Waals surface area contributed by atoms with Gasteiger partial charge in [0, 0.05) is 25.7 Å². The van der Waals surface area contributed by atoms with Gasteiger partial charge < -0.3 is 10.2 Å². The van der Waals surface area contributed by atoms with E-state index in [1.54, 1.807) is 0 Å². The van der Waals surface area contributed by atoms with Crippen molar-refractivity contribution in [2.75, 3.05) is 11.9 Å². The summed E-state index contributed by atoms with van der Waals surface area (Å²) in [6, 6.07) is 4.90. The molecule has 0 bridgehead atoms. The van der Waals surface area contributed by atoms with Crippen LogP contribution in [0.4, 0.5) is 5.82 Å². The Balaban J connectivity index is 2.88. The highest BCUT2D eigenvalue weighted by Gasteiger charge is 2.14. The van der Waals surface area contributed by atoms with E-state index in [0.29, 0.717) is 18.6 Å². The van der Waals surface area contributed by atoms with Crippen molar-refractivity contribution in [3.63, 3.8) is 0 Å². The van der Waals surface area contributed by atoms with Gasteiger partial charge in [-0.15, -0.1) is 0 Å². The van der Waals surface area contributed by atoms with Crippen LogP contribution in [0.3, 0.4) is 0 Å². The van der Waals surface area contributed by atoms with Crippen molar-refractivity contribution >= 4 is 17.4 Å². The molecule has 1 aromatic rings. The van der Waals surface area contributed by atoms with E-state index in [-0.39, 0.29) is 0 Å². The van der Waals surface area contributed by atoms with Crippen LogP contribution in [0.15, 0.2) is 12.1 Å². The van der Waals surface area contributed by atoms with Crippen LogP contribution in [0.5, 0.6) is 0 Å². The molecule has 0 unspecified atom stereocenters. The molecule has 19 heavy (non-hydrogen) atoms. The number of aromatic nitrogens is 1. The van der Waals surface area contributed by atoms with Crippen molar-refractivity contribution in [1.82, 2.24) is 10.3 Å². The maximum Gasteiger partial charge on any atom is 0.128 e. The predicted molar refractivity (Wildman–Crippen MR) is 84.0 cm³/mol. The summed E-state index contributed by atoms with van der Waals surface area (Å²) in [4.78, 5) is 6.94. The van der Waals surface area contributed by atoms with Crippen molar-refractivity contribution in [3.8, 4) is 0 Å². The standard InChI is InChI=1S/C15H26ClN3/c1-6-12(7-2)19(5)15-9-8-13(16)14(18-15)10-17-11(3)4/h8-9,11-12,17H,6-7,10H2,1-5H3. The van der Waals surface area contributed by atoms with Crippen LogP contribution in [0, 0.1) is 0 Å². The second kappa shape index (κ2) is 7.71. The van der Waals surface area contributed by atoms with Gasteiger partial charge in [0.2, 0.25) is 0 Å². The summed E-state index contributed by atoms with van der Waals surface area (Å²) in [6.07, 6.45) is 2.24. The molecule has 0 fully saturated rings. The van der Waals surface area contributed by atoms with Gasteiger partial charge in [-0.1, -0.05) is 39.3 Å². The van der Waals surface area contributed by atoms with Crippen LogP contribution >= 0.6 is 11.6 Å². The zero-order valence-electron chi connectivity index (χ0n) is 12.7. The molecule has 0 atom stereocenters. The van der Waals surface area contributed by atoms with Crippen molar-refractivity contribution in [2.45, 2.75) is 59.2 Å². The second-order valence-corrected chi connectivity index (χ2v) is 5.62. The Morgan fingerprint density at radius 2 is 1.89 bits per heavy atom. The van der Waals surface area contributed by atoms with E-state index in [2.05, 4.69) is 45.0 Å². The van der Waals surface area contributed by atoms with Crippen LogP contribution in [-0.2, 0) is 6.54 Å². The molecule has 0 aliphatic heterocycles. The van der Waals surface area contributed by atoms with Crippen LogP contribution < -0.4 is 10.2 Å². The van der Waals surface area contributed by atoms with Gasteiger partial charge in [-0.25, -0.2) is 4.98 Å². The molecule has 0 aromatic carbocycles. The van der Waals surface area contributed by atoms with E-state index >= 15 is 0 Å². The first-order valence-electron chi connectivity index (χ1n) is 7.11. The molecule has 0 spiro atoms. The average Bonchev–Trinajstić information content (AvgIpc) is 2.38. The lowest BCUT2D eigenvalue weighted by Gasteiger charge is -2.27.